The van der Waals surface area contributed by atoms with E-state index in [1.807, 2.05) is 12.2 Å². The molecule has 5 atom stereocenters. The average Bonchev–Trinajstić information content (AvgIpc) is 4.14. The molecule has 2 aromatic rings. The minimum Gasteiger partial charge on any atom is -0.462 e. The second kappa shape index (κ2) is 20.8. The Morgan fingerprint density at radius 2 is 1.47 bits per heavy atom. The van der Waals surface area contributed by atoms with Crippen molar-refractivity contribution in [3.8, 4) is 0 Å². The number of urea groups is 1. The third-order valence-corrected chi connectivity index (χ3v) is 12.0. The van der Waals surface area contributed by atoms with Crippen molar-refractivity contribution in [2.75, 3.05) is 30.4 Å². The Hall–Kier alpha value is -5.98. The molecular weight excluding hydrogens is 801 g/mol. The number of nitrogens with zero attached hydrogens (tertiary/aromatic N) is 1. The molecule has 5 rings (SSSR count). The number of hydrogen-bond acceptors (Lipinski definition) is 12. The third kappa shape index (κ3) is 12.5. The number of benzene rings is 2. The molecule has 60 heavy (non-hydrogen) atoms. The van der Waals surface area contributed by atoms with Gasteiger partial charge in [0.25, 0.3) is 0 Å². The molecule has 2 saturated carbocycles. The molecule has 1 aliphatic heterocycles. The van der Waals surface area contributed by atoms with Crippen LogP contribution in [0.4, 0.5) is 21.0 Å². The maximum absolute atomic E-state index is 14.2. The zero-order valence-electron chi connectivity index (χ0n) is 33.6. The zero-order chi connectivity index (χ0) is 43.4. The molecule has 3 aliphatic rings. The van der Waals surface area contributed by atoms with Crippen molar-refractivity contribution < 1.29 is 56.2 Å². The number of rotatable bonds is 20. The largest absolute Gasteiger partial charge is 0.462 e. The summed E-state index contributed by atoms with van der Waals surface area (Å²) in [6.45, 7) is 3.31. The van der Waals surface area contributed by atoms with Crippen LogP contribution in [0.25, 0.3) is 0 Å². The molecule has 324 valence electrons. The van der Waals surface area contributed by atoms with Crippen molar-refractivity contribution in [2.24, 2.45) is 17.6 Å². The molecule has 6 N–H and O–H groups in total. The van der Waals surface area contributed by atoms with E-state index in [2.05, 4.69) is 20.7 Å². The molecule has 0 unspecified atom stereocenters. The Kier molecular flexibility index (Phi) is 15.7. The van der Waals surface area contributed by atoms with Crippen molar-refractivity contribution in [3.63, 3.8) is 0 Å². The number of unbranched alkanes of at least 4 members (excludes halogenated alkanes) is 3. The van der Waals surface area contributed by atoms with E-state index in [1.165, 1.54) is 29.2 Å². The number of para-hydroxylation sites is 2. The highest BCUT2D eigenvalue weighted by atomic mass is 32.2. The molecule has 2 aromatic carbocycles. The molecule has 1 heterocycles. The van der Waals surface area contributed by atoms with Gasteiger partial charge in [-0.05, 0) is 82.6 Å². The topological polar surface area (TPSA) is 259 Å². The maximum atomic E-state index is 14.2. The minimum absolute atomic E-state index is 0.0315. The number of sulfonamides is 1. The lowest BCUT2D eigenvalue weighted by Gasteiger charge is -2.28. The predicted molar refractivity (Wildman–Crippen MR) is 218 cm³/mol. The van der Waals surface area contributed by atoms with Crippen LogP contribution in [0.3, 0.4) is 0 Å². The third-order valence-electron chi connectivity index (χ3n) is 10.2. The number of esters is 2. The van der Waals surface area contributed by atoms with Crippen LogP contribution >= 0.6 is 0 Å². The van der Waals surface area contributed by atoms with Crippen LogP contribution in [0.5, 0.6) is 0 Å². The fraction of sp³-hybridized carbons (Fsp3) is 0.488. The lowest BCUT2D eigenvalue weighted by Crippen LogP contribution is -2.53. The maximum Gasteiger partial charge on any atom is 0.411 e. The molecule has 3 fully saturated rings. The van der Waals surface area contributed by atoms with E-state index in [0.717, 1.165) is 0 Å². The molecule has 0 spiro atoms. The van der Waals surface area contributed by atoms with Gasteiger partial charge in [0, 0.05) is 12.3 Å². The first-order valence-corrected chi connectivity index (χ1v) is 21.7. The van der Waals surface area contributed by atoms with E-state index in [1.54, 1.807) is 38.1 Å². The van der Waals surface area contributed by atoms with Crippen LogP contribution < -0.4 is 26.4 Å². The summed E-state index contributed by atoms with van der Waals surface area (Å²) in [4.78, 5) is 91.7. The van der Waals surface area contributed by atoms with Gasteiger partial charge < -0.3 is 35.5 Å². The van der Waals surface area contributed by atoms with Crippen LogP contribution in [0.2, 0.25) is 0 Å². The summed E-state index contributed by atoms with van der Waals surface area (Å²) in [6.07, 6.45) is 6.14. The van der Waals surface area contributed by atoms with Gasteiger partial charge in [0.05, 0.1) is 47.5 Å². The highest BCUT2D eigenvalue weighted by Gasteiger charge is 2.45. The Morgan fingerprint density at radius 3 is 2.07 bits per heavy atom. The Morgan fingerprint density at radius 1 is 0.850 bits per heavy atom. The molecule has 19 heteroatoms. The van der Waals surface area contributed by atoms with Gasteiger partial charge in [0.1, 0.15) is 18.2 Å². The lowest BCUT2D eigenvalue weighted by molar-refractivity contribution is -0.139. The van der Waals surface area contributed by atoms with Crippen LogP contribution in [0.15, 0.2) is 60.7 Å². The monoisotopic (exact) mass is 852 g/mol. The molecule has 0 radical (unpaired) electrons. The average molecular weight is 853 g/mol. The number of allylic oxidation sites excluding steroid dienone is 2. The van der Waals surface area contributed by atoms with E-state index < -0.39 is 75.2 Å². The van der Waals surface area contributed by atoms with Crippen molar-refractivity contribution in [2.45, 2.75) is 95.1 Å². The van der Waals surface area contributed by atoms with E-state index in [9.17, 15) is 42.0 Å². The summed E-state index contributed by atoms with van der Waals surface area (Å²) >= 11 is 0. The van der Waals surface area contributed by atoms with E-state index in [-0.39, 0.29) is 66.9 Å². The summed E-state index contributed by atoms with van der Waals surface area (Å²) in [5.41, 5.74) is 6.20. The number of anilines is 2. The number of primary amides is 1. The van der Waals surface area contributed by atoms with Crippen molar-refractivity contribution in [1.82, 2.24) is 14.9 Å². The fourth-order valence-corrected chi connectivity index (χ4v) is 8.24. The number of likely N-dealkylation sites (tertiary alicyclic amines) is 1. The minimum atomic E-state index is -3.59. The second-order valence-electron chi connectivity index (χ2n) is 14.8. The van der Waals surface area contributed by atoms with E-state index >= 15 is 0 Å². The first kappa shape index (κ1) is 45.1. The highest BCUT2D eigenvalue weighted by Crippen LogP contribution is 2.40. The van der Waals surface area contributed by atoms with Crippen molar-refractivity contribution in [3.05, 3.63) is 71.8 Å². The standard InChI is InChI=1S/C41H52N6O12S/c1-3-57-38(51)28-15-10-12-17-31(28)43-40(53)44-33(19-9-7-5-6-8-14-25-22-30(25)36(49)46-60(55,56)27-20-21-27)37(50)47-24-26(23-34(47)35(42)48)59-41(54)45-32-18-13-11-16-29(32)39(52)58-4-2/h8,10-18,25-27,30,33-34H,3-7,9,19-24H2,1-2H3,(H2,42,48)(H,45,54)(H,46,49)(H2,43,44,53)/b14-8-/t25-,26-,30+,33+,34+/m1/s1. The molecule has 0 aromatic heterocycles. The summed E-state index contributed by atoms with van der Waals surface area (Å²) in [6, 6.07) is 9.23. The van der Waals surface area contributed by atoms with Gasteiger partial charge >= 0.3 is 24.1 Å². The van der Waals surface area contributed by atoms with E-state index in [0.29, 0.717) is 44.9 Å². The summed E-state index contributed by atoms with van der Waals surface area (Å²) in [5.74, 6) is -3.67. The van der Waals surface area contributed by atoms with Crippen molar-refractivity contribution in [1.29, 1.82) is 0 Å². The van der Waals surface area contributed by atoms with Crippen LogP contribution in [-0.2, 0) is 38.6 Å². The predicted octanol–water partition coefficient (Wildman–Crippen LogP) is 3.98. The molecule has 0 bridgehead atoms. The van der Waals surface area contributed by atoms with Gasteiger partial charge in [-0.3, -0.25) is 24.4 Å². The number of hydrogen-bond donors (Lipinski definition) is 5. The number of amides is 6. The number of ether oxygens (including phenoxy) is 3. The number of carbonyl (C=O) groups excluding carboxylic acids is 7. The molecule has 1 saturated heterocycles. The Labute approximate surface area is 348 Å². The first-order chi connectivity index (χ1) is 28.7. The Bertz CT molecular complexity index is 2070. The normalized spacial score (nSPS) is 20.1. The van der Waals surface area contributed by atoms with Gasteiger partial charge in [-0.1, -0.05) is 49.3 Å². The van der Waals surface area contributed by atoms with Crippen molar-refractivity contribution >= 4 is 63.2 Å². The zero-order valence-corrected chi connectivity index (χ0v) is 34.4. The van der Waals surface area contributed by atoms with Gasteiger partial charge in [0.2, 0.25) is 27.7 Å². The SMILES string of the molecule is CCOC(=O)c1ccccc1NC(=O)N[C@@H](CCCCC/C=C\[C@@H]1C[C@@H]1C(=O)NS(=O)(=O)C1CC1)C(=O)N1C[C@H](OC(=O)Nc2ccccc2C(=O)OCC)C[C@H]1C(N)=O. The first-order valence-electron chi connectivity index (χ1n) is 20.1. The Balaban J connectivity index is 1.20. The quantitative estimate of drug-likeness (QED) is 0.0549. The van der Waals surface area contributed by atoms with Crippen LogP contribution in [0.1, 0.15) is 92.4 Å². The van der Waals surface area contributed by atoms with Crippen LogP contribution in [0, 0.1) is 11.8 Å². The van der Waals surface area contributed by atoms with Gasteiger partial charge in [-0.2, -0.15) is 0 Å². The molecular formula is C41H52N6O12S. The van der Waals surface area contributed by atoms with Gasteiger partial charge in [-0.25, -0.2) is 27.6 Å². The molecule has 6 amide bonds. The summed E-state index contributed by atoms with van der Waals surface area (Å²) < 4.78 is 42.1. The number of nitrogens with two attached hydrogens (primary N) is 1. The summed E-state index contributed by atoms with van der Waals surface area (Å²) in [5, 5.41) is 7.33. The number of carbonyl (C=O) groups is 7. The van der Waals surface area contributed by atoms with Gasteiger partial charge in [0.15, 0.2) is 0 Å². The highest BCUT2D eigenvalue weighted by molar-refractivity contribution is 7.90. The fourth-order valence-electron chi connectivity index (χ4n) is 6.88. The number of nitrogens with one attached hydrogen (secondary N) is 4. The van der Waals surface area contributed by atoms with E-state index in [4.69, 9.17) is 19.9 Å². The van der Waals surface area contributed by atoms with Gasteiger partial charge in [-0.15, -0.1) is 0 Å². The van der Waals surface area contributed by atoms with Crippen LogP contribution in [-0.4, -0.2) is 98.3 Å². The smallest absolute Gasteiger partial charge is 0.411 e. The molecule has 2 aliphatic carbocycles. The second-order valence-corrected chi connectivity index (χ2v) is 16.7. The molecule has 18 nitrogen and oxygen atoms in total. The summed E-state index contributed by atoms with van der Waals surface area (Å²) in [7, 11) is -3.59. The lowest BCUT2D eigenvalue weighted by atomic mass is 10.0.